The molecule has 0 fully saturated rings. The molecule has 0 saturated carbocycles. The molecule has 1 aromatic carbocycles. The van der Waals surface area contributed by atoms with Crippen molar-refractivity contribution in [1.29, 1.82) is 0 Å². The lowest BCUT2D eigenvalue weighted by Gasteiger charge is -2.01. The van der Waals surface area contributed by atoms with E-state index in [0.29, 0.717) is 11.1 Å². The Bertz CT molecular complexity index is 459. The number of hydrogen-bond donors (Lipinski definition) is 1. The van der Waals surface area contributed by atoms with Gasteiger partial charge >= 0.3 is 5.97 Å². The van der Waals surface area contributed by atoms with Gasteiger partial charge in [0.2, 0.25) is 0 Å². The molecule has 1 N–H and O–H groups in total. The number of rotatable bonds is 3. The van der Waals surface area contributed by atoms with Crippen LogP contribution >= 0.6 is 11.6 Å². The highest BCUT2D eigenvalue weighted by molar-refractivity contribution is 6.33. The zero-order valence-electron chi connectivity index (χ0n) is 8.31. The van der Waals surface area contributed by atoms with Crippen LogP contribution in [0.2, 0.25) is 5.02 Å². The highest BCUT2D eigenvalue weighted by Gasteiger charge is 2.16. The third kappa shape index (κ3) is 2.80. The van der Waals surface area contributed by atoms with Crippen molar-refractivity contribution in [2.75, 3.05) is 0 Å². The molecule has 0 bridgehead atoms. The second-order valence-corrected chi connectivity index (χ2v) is 3.50. The molecule has 0 heterocycles. The number of hydrogen-bond acceptors (Lipinski definition) is 3. The van der Waals surface area contributed by atoms with Crippen LogP contribution in [-0.2, 0) is 4.79 Å². The summed E-state index contributed by atoms with van der Waals surface area (Å²) in [5.41, 5.74) is 0.743. The molecule has 0 aliphatic heterocycles. The lowest BCUT2D eigenvalue weighted by Crippen LogP contribution is -1.94. The summed E-state index contributed by atoms with van der Waals surface area (Å²) in [7, 11) is 0. The molecule has 0 aliphatic rings. The monoisotopic (exact) mass is 241 g/mol. The normalized spacial score (nSPS) is 10.6. The summed E-state index contributed by atoms with van der Waals surface area (Å²) in [6.07, 6.45) is 2.27. The molecule has 16 heavy (non-hydrogen) atoms. The van der Waals surface area contributed by atoms with Crippen LogP contribution in [0.25, 0.3) is 6.08 Å². The van der Waals surface area contributed by atoms with Crippen molar-refractivity contribution in [2.45, 2.75) is 6.92 Å². The lowest BCUT2D eigenvalue weighted by molar-refractivity contribution is -0.385. The minimum absolute atomic E-state index is 0.00459. The van der Waals surface area contributed by atoms with Gasteiger partial charge in [-0.1, -0.05) is 11.6 Å². The molecule has 0 amide bonds. The third-order valence-electron chi connectivity index (χ3n) is 1.88. The first-order valence-corrected chi connectivity index (χ1v) is 4.65. The van der Waals surface area contributed by atoms with Crippen LogP contribution in [0.15, 0.2) is 18.2 Å². The van der Waals surface area contributed by atoms with Crippen LogP contribution in [0.3, 0.4) is 0 Å². The highest BCUT2D eigenvalue weighted by atomic mass is 35.5. The Morgan fingerprint density at radius 3 is 2.62 bits per heavy atom. The smallest absolute Gasteiger partial charge is 0.328 e. The number of aliphatic carboxylic acids is 1. The van der Waals surface area contributed by atoms with Crippen LogP contribution < -0.4 is 0 Å². The minimum Gasteiger partial charge on any atom is -0.478 e. The molecule has 0 spiro atoms. The number of aryl methyl sites for hydroxylation is 1. The topological polar surface area (TPSA) is 80.4 Å². The minimum atomic E-state index is -1.09. The first kappa shape index (κ1) is 12.2. The number of nitrogens with zero attached hydrogens (tertiary/aromatic N) is 1. The van der Waals surface area contributed by atoms with E-state index in [-0.39, 0.29) is 10.7 Å². The standard InChI is InChI=1S/C10H8ClNO4/c1-6-4-7(2-3-9(13)14)5-8(11)10(6)12(15)16/h2-5H,1H3,(H,13,14)/b3-2+. The molecule has 1 aromatic rings. The number of nitro groups is 1. The van der Waals surface area contributed by atoms with Gasteiger partial charge in [-0.2, -0.15) is 0 Å². The van der Waals surface area contributed by atoms with Crippen LogP contribution in [0.4, 0.5) is 5.69 Å². The Kier molecular flexibility index (Phi) is 3.63. The van der Waals surface area contributed by atoms with Crippen LogP contribution in [-0.4, -0.2) is 16.0 Å². The van der Waals surface area contributed by atoms with Crippen molar-refractivity contribution >= 4 is 29.3 Å². The number of benzene rings is 1. The molecule has 0 aromatic heterocycles. The highest BCUT2D eigenvalue weighted by Crippen LogP contribution is 2.29. The van der Waals surface area contributed by atoms with Gasteiger partial charge in [-0.05, 0) is 30.7 Å². The Hall–Kier alpha value is -1.88. The summed E-state index contributed by atoms with van der Waals surface area (Å²) in [5, 5.41) is 19.1. The molecule has 0 aliphatic carbocycles. The number of nitro benzene ring substituents is 1. The average molecular weight is 242 g/mol. The maximum Gasteiger partial charge on any atom is 0.328 e. The fourth-order valence-corrected chi connectivity index (χ4v) is 1.60. The predicted octanol–water partition coefficient (Wildman–Crippen LogP) is 2.65. The van der Waals surface area contributed by atoms with Gasteiger partial charge < -0.3 is 5.11 Å². The average Bonchev–Trinajstić information content (AvgIpc) is 2.12. The summed E-state index contributed by atoms with van der Waals surface area (Å²) < 4.78 is 0. The van der Waals surface area contributed by atoms with E-state index < -0.39 is 10.9 Å². The Morgan fingerprint density at radius 2 is 2.19 bits per heavy atom. The first-order chi connectivity index (χ1) is 7.41. The van der Waals surface area contributed by atoms with E-state index in [9.17, 15) is 14.9 Å². The fourth-order valence-electron chi connectivity index (χ4n) is 1.26. The summed E-state index contributed by atoms with van der Waals surface area (Å²) in [6.45, 7) is 1.54. The molecule has 0 unspecified atom stereocenters. The zero-order valence-corrected chi connectivity index (χ0v) is 9.06. The number of carboxylic acid groups (broad SMARTS) is 1. The third-order valence-corrected chi connectivity index (χ3v) is 2.17. The molecule has 1 rings (SSSR count). The van der Waals surface area contributed by atoms with Gasteiger partial charge in [0, 0.05) is 11.6 Å². The number of carboxylic acids is 1. The van der Waals surface area contributed by atoms with Gasteiger partial charge in [0.15, 0.2) is 0 Å². The van der Waals surface area contributed by atoms with Gasteiger partial charge in [0.05, 0.1) is 4.92 Å². The summed E-state index contributed by atoms with van der Waals surface area (Å²) >= 11 is 5.72. The lowest BCUT2D eigenvalue weighted by atomic mass is 10.1. The van der Waals surface area contributed by atoms with Crippen LogP contribution in [0.1, 0.15) is 11.1 Å². The first-order valence-electron chi connectivity index (χ1n) is 4.27. The maximum absolute atomic E-state index is 10.6. The van der Waals surface area contributed by atoms with E-state index in [1.165, 1.54) is 18.2 Å². The Morgan fingerprint density at radius 1 is 1.56 bits per heavy atom. The SMILES string of the molecule is Cc1cc(/C=C/C(=O)O)cc(Cl)c1[N+](=O)[O-]. The number of carbonyl (C=O) groups is 1. The molecule has 84 valence electrons. The summed E-state index contributed by atoms with van der Waals surface area (Å²) in [6, 6.07) is 2.86. The Labute approximate surface area is 96.1 Å². The Balaban J connectivity index is 3.20. The van der Waals surface area contributed by atoms with Gasteiger partial charge in [-0.3, -0.25) is 10.1 Å². The van der Waals surface area contributed by atoms with Crippen LogP contribution in [0.5, 0.6) is 0 Å². The molecule has 0 radical (unpaired) electrons. The van der Waals surface area contributed by atoms with Crippen molar-refractivity contribution in [1.82, 2.24) is 0 Å². The summed E-state index contributed by atoms with van der Waals surface area (Å²) in [5.74, 6) is -1.09. The van der Waals surface area contributed by atoms with E-state index >= 15 is 0 Å². The molecular weight excluding hydrogens is 234 g/mol. The van der Waals surface area contributed by atoms with E-state index in [1.54, 1.807) is 6.92 Å². The summed E-state index contributed by atoms with van der Waals surface area (Å²) in [4.78, 5) is 20.4. The second kappa shape index (κ2) is 4.76. The molecular formula is C10H8ClNO4. The van der Waals surface area contributed by atoms with E-state index in [2.05, 4.69) is 0 Å². The van der Waals surface area contributed by atoms with E-state index in [0.717, 1.165) is 6.08 Å². The van der Waals surface area contributed by atoms with Crippen molar-refractivity contribution in [3.8, 4) is 0 Å². The van der Waals surface area contributed by atoms with Crippen molar-refractivity contribution in [3.05, 3.63) is 44.5 Å². The van der Waals surface area contributed by atoms with E-state index in [1.807, 2.05) is 0 Å². The quantitative estimate of drug-likeness (QED) is 0.501. The molecule has 6 heteroatoms. The van der Waals surface area contributed by atoms with Crippen LogP contribution in [0, 0.1) is 17.0 Å². The second-order valence-electron chi connectivity index (χ2n) is 3.10. The maximum atomic E-state index is 10.6. The van der Waals surface area contributed by atoms with Crippen molar-refractivity contribution in [3.63, 3.8) is 0 Å². The predicted molar refractivity (Wildman–Crippen MR) is 59.5 cm³/mol. The largest absolute Gasteiger partial charge is 0.478 e. The molecule has 5 nitrogen and oxygen atoms in total. The van der Waals surface area contributed by atoms with Crippen molar-refractivity contribution in [2.24, 2.45) is 0 Å². The fraction of sp³-hybridized carbons (Fsp3) is 0.100. The molecule has 0 atom stereocenters. The van der Waals surface area contributed by atoms with Gasteiger partial charge in [0.1, 0.15) is 5.02 Å². The van der Waals surface area contributed by atoms with Crippen molar-refractivity contribution < 1.29 is 14.8 Å². The number of halogens is 1. The van der Waals surface area contributed by atoms with Gasteiger partial charge in [0.25, 0.3) is 5.69 Å². The van der Waals surface area contributed by atoms with Gasteiger partial charge in [-0.25, -0.2) is 4.79 Å². The van der Waals surface area contributed by atoms with E-state index in [4.69, 9.17) is 16.7 Å². The van der Waals surface area contributed by atoms with Gasteiger partial charge in [-0.15, -0.1) is 0 Å². The zero-order chi connectivity index (χ0) is 12.3. The molecule has 0 saturated heterocycles.